The third-order valence-corrected chi connectivity index (χ3v) is 5.71. The summed E-state index contributed by atoms with van der Waals surface area (Å²) in [5.41, 5.74) is 4.05. The van der Waals surface area contributed by atoms with Crippen LogP contribution < -0.4 is 5.32 Å². The Morgan fingerprint density at radius 1 is 1.19 bits per heavy atom. The molecule has 2 aromatic heterocycles. The Morgan fingerprint density at radius 3 is 2.67 bits per heavy atom. The van der Waals surface area contributed by atoms with Crippen LogP contribution in [-0.2, 0) is 7.05 Å². The number of benzene rings is 1. The second kappa shape index (κ2) is 7.14. The summed E-state index contributed by atoms with van der Waals surface area (Å²) in [7, 11) is 1.88. The van der Waals surface area contributed by atoms with Crippen molar-refractivity contribution in [1.29, 1.82) is 0 Å². The highest BCUT2D eigenvalue weighted by Gasteiger charge is 2.25. The summed E-state index contributed by atoms with van der Waals surface area (Å²) in [6.45, 7) is 4.17. The maximum Gasteiger partial charge on any atom is 0.252 e. The van der Waals surface area contributed by atoms with Gasteiger partial charge < -0.3 is 5.32 Å². The number of aromatic nitrogens is 3. The van der Waals surface area contributed by atoms with E-state index in [1.54, 1.807) is 4.68 Å². The van der Waals surface area contributed by atoms with Gasteiger partial charge in [-0.25, -0.2) is 4.98 Å². The number of hydrogen-bond acceptors (Lipinski definition) is 3. The van der Waals surface area contributed by atoms with E-state index in [1.807, 2.05) is 50.4 Å². The molecule has 2 heterocycles. The van der Waals surface area contributed by atoms with Crippen molar-refractivity contribution >= 4 is 16.9 Å². The summed E-state index contributed by atoms with van der Waals surface area (Å²) < 4.78 is 1.76. The fraction of sp³-hybridized carbons (Fsp3) is 0.409. The number of nitrogens with zero attached hydrogens (tertiary/aromatic N) is 3. The van der Waals surface area contributed by atoms with E-state index in [2.05, 4.69) is 17.3 Å². The number of aryl methyl sites for hydroxylation is 2. The van der Waals surface area contributed by atoms with Crippen LogP contribution in [0.15, 0.2) is 36.4 Å². The molecule has 1 saturated carbocycles. The number of hydrogen-bond donors (Lipinski definition) is 1. The number of nitrogens with one attached hydrogen (secondary N) is 1. The van der Waals surface area contributed by atoms with Crippen LogP contribution in [-0.4, -0.2) is 26.7 Å². The zero-order valence-electron chi connectivity index (χ0n) is 16.2. The summed E-state index contributed by atoms with van der Waals surface area (Å²) in [5, 5.41) is 8.64. The minimum Gasteiger partial charge on any atom is -0.349 e. The van der Waals surface area contributed by atoms with Crippen molar-refractivity contribution in [2.24, 2.45) is 13.0 Å². The van der Waals surface area contributed by atoms with Crippen LogP contribution in [0, 0.1) is 12.8 Å². The summed E-state index contributed by atoms with van der Waals surface area (Å²) >= 11 is 0. The Morgan fingerprint density at radius 2 is 1.93 bits per heavy atom. The lowest BCUT2D eigenvalue weighted by molar-refractivity contribution is 0.0912. The summed E-state index contributed by atoms with van der Waals surface area (Å²) in [5.74, 6) is 0.498. The molecule has 1 aliphatic carbocycles. The molecule has 140 valence electrons. The average molecular weight is 362 g/mol. The van der Waals surface area contributed by atoms with E-state index in [-0.39, 0.29) is 11.9 Å². The highest BCUT2D eigenvalue weighted by molar-refractivity contribution is 6.07. The molecule has 1 aromatic carbocycles. The van der Waals surface area contributed by atoms with E-state index in [0.29, 0.717) is 11.5 Å². The lowest BCUT2D eigenvalue weighted by Gasteiger charge is -2.29. The van der Waals surface area contributed by atoms with Gasteiger partial charge in [0.05, 0.1) is 22.3 Å². The van der Waals surface area contributed by atoms with Gasteiger partial charge in [-0.3, -0.25) is 9.48 Å². The molecule has 0 bridgehead atoms. The molecule has 3 aromatic rings. The number of rotatable bonds is 3. The molecule has 5 nitrogen and oxygen atoms in total. The standard InChI is InChI=1S/C22H26N4O/c1-14-9-7-8-12-18(14)24-22(27)17-13-19(16-10-5-4-6-11-16)23-21-20(17)15(2)25-26(21)3/h4-6,10-11,13-14,18H,7-9,12H2,1-3H3,(H,24,27). The quantitative estimate of drug-likeness (QED) is 0.758. The maximum absolute atomic E-state index is 13.2. The van der Waals surface area contributed by atoms with Gasteiger partial charge in [-0.05, 0) is 31.7 Å². The molecule has 5 heteroatoms. The lowest BCUT2D eigenvalue weighted by Crippen LogP contribution is -2.41. The monoisotopic (exact) mass is 362 g/mol. The molecular weight excluding hydrogens is 336 g/mol. The van der Waals surface area contributed by atoms with Crippen LogP contribution in [0.3, 0.4) is 0 Å². The van der Waals surface area contributed by atoms with Crippen LogP contribution >= 0.6 is 0 Å². The van der Waals surface area contributed by atoms with Crippen molar-refractivity contribution in [1.82, 2.24) is 20.1 Å². The summed E-state index contributed by atoms with van der Waals surface area (Å²) in [6, 6.07) is 12.1. The first-order valence-electron chi connectivity index (χ1n) is 9.75. The van der Waals surface area contributed by atoms with Gasteiger partial charge in [-0.1, -0.05) is 50.1 Å². The predicted octanol–water partition coefficient (Wildman–Crippen LogP) is 4.25. The Kier molecular flexibility index (Phi) is 4.68. The summed E-state index contributed by atoms with van der Waals surface area (Å²) in [4.78, 5) is 18.0. The first-order valence-corrected chi connectivity index (χ1v) is 9.75. The molecule has 27 heavy (non-hydrogen) atoms. The number of carbonyl (C=O) groups is 1. The largest absolute Gasteiger partial charge is 0.349 e. The topological polar surface area (TPSA) is 59.8 Å². The molecule has 2 atom stereocenters. The second-order valence-electron chi connectivity index (χ2n) is 7.67. The zero-order chi connectivity index (χ0) is 19.0. The Balaban J connectivity index is 1.79. The Bertz CT molecular complexity index is 977. The van der Waals surface area contributed by atoms with Gasteiger partial charge >= 0.3 is 0 Å². The lowest BCUT2D eigenvalue weighted by atomic mass is 9.86. The van der Waals surface area contributed by atoms with Crippen LogP contribution in [0.2, 0.25) is 0 Å². The van der Waals surface area contributed by atoms with Crippen molar-refractivity contribution < 1.29 is 4.79 Å². The molecule has 1 amide bonds. The highest BCUT2D eigenvalue weighted by atomic mass is 16.1. The normalized spacial score (nSPS) is 20.0. The zero-order valence-corrected chi connectivity index (χ0v) is 16.2. The third kappa shape index (κ3) is 3.34. The minimum atomic E-state index is -0.0190. The van der Waals surface area contributed by atoms with Crippen molar-refractivity contribution in [3.63, 3.8) is 0 Å². The number of pyridine rings is 1. The average Bonchev–Trinajstić information content (AvgIpc) is 2.97. The molecule has 0 radical (unpaired) electrons. The molecule has 1 aliphatic rings. The molecule has 1 N–H and O–H groups in total. The van der Waals surface area contributed by atoms with Crippen LogP contribution in [0.5, 0.6) is 0 Å². The van der Waals surface area contributed by atoms with Crippen molar-refractivity contribution in [3.8, 4) is 11.3 Å². The van der Waals surface area contributed by atoms with Gasteiger partial charge in [0.1, 0.15) is 0 Å². The summed E-state index contributed by atoms with van der Waals surface area (Å²) in [6.07, 6.45) is 4.67. The smallest absolute Gasteiger partial charge is 0.252 e. The maximum atomic E-state index is 13.2. The van der Waals surface area contributed by atoms with Gasteiger partial charge in [-0.15, -0.1) is 0 Å². The van der Waals surface area contributed by atoms with Crippen molar-refractivity contribution in [2.45, 2.75) is 45.6 Å². The highest BCUT2D eigenvalue weighted by Crippen LogP contribution is 2.28. The van der Waals surface area contributed by atoms with Crippen LogP contribution in [0.1, 0.15) is 48.7 Å². The Hall–Kier alpha value is -2.69. The van der Waals surface area contributed by atoms with Crippen molar-refractivity contribution in [3.05, 3.63) is 47.7 Å². The van der Waals surface area contributed by atoms with Gasteiger partial charge in [0.15, 0.2) is 5.65 Å². The molecule has 0 spiro atoms. The fourth-order valence-corrected chi connectivity index (χ4v) is 4.16. The SMILES string of the molecule is Cc1nn(C)c2nc(-c3ccccc3)cc(C(=O)NC3CCCCC3C)c12. The Labute approximate surface area is 159 Å². The van der Waals surface area contributed by atoms with Gasteiger partial charge in [0.25, 0.3) is 5.91 Å². The van der Waals surface area contributed by atoms with E-state index in [9.17, 15) is 4.79 Å². The molecule has 1 fully saturated rings. The van der Waals surface area contributed by atoms with Crippen molar-refractivity contribution in [2.75, 3.05) is 0 Å². The van der Waals surface area contributed by atoms with Crippen LogP contribution in [0.25, 0.3) is 22.3 Å². The third-order valence-electron chi connectivity index (χ3n) is 5.71. The molecule has 0 saturated heterocycles. The van der Waals surface area contributed by atoms with Gasteiger partial charge in [0.2, 0.25) is 0 Å². The predicted molar refractivity (Wildman–Crippen MR) is 108 cm³/mol. The molecule has 4 rings (SSSR count). The minimum absolute atomic E-state index is 0.0190. The number of fused-ring (bicyclic) bond motifs is 1. The molecule has 2 unspecified atom stereocenters. The van der Waals surface area contributed by atoms with E-state index in [4.69, 9.17) is 4.98 Å². The molecular formula is C22H26N4O. The van der Waals surface area contributed by atoms with E-state index < -0.39 is 0 Å². The fourth-order valence-electron chi connectivity index (χ4n) is 4.16. The first-order chi connectivity index (χ1) is 13.0. The van der Waals surface area contributed by atoms with Gasteiger partial charge in [-0.2, -0.15) is 5.10 Å². The first kappa shape index (κ1) is 17.7. The van der Waals surface area contributed by atoms with E-state index >= 15 is 0 Å². The second-order valence-corrected chi connectivity index (χ2v) is 7.67. The van der Waals surface area contributed by atoms with Gasteiger partial charge in [0, 0.05) is 18.7 Å². The van der Waals surface area contributed by atoms with Crippen LogP contribution in [0.4, 0.5) is 0 Å². The van der Waals surface area contributed by atoms with E-state index in [0.717, 1.165) is 34.4 Å². The number of carbonyl (C=O) groups excluding carboxylic acids is 1. The van der Waals surface area contributed by atoms with E-state index in [1.165, 1.54) is 19.3 Å². The number of amides is 1. The molecule has 0 aliphatic heterocycles.